The molecule has 0 spiro atoms. The number of carbonyl (C=O) groups excluding carboxylic acids is 2. The van der Waals surface area contributed by atoms with Gasteiger partial charge in [-0.05, 0) is 42.9 Å². The van der Waals surface area contributed by atoms with Gasteiger partial charge in [-0.1, -0.05) is 42.5 Å². The highest BCUT2D eigenvalue weighted by atomic mass is 16.3. The van der Waals surface area contributed by atoms with Gasteiger partial charge in [-0.2, -0.15) is 0 Å². The van der Waals surface area contributed by atoms with Crippen LogP contribution in [0, 0.1) is 5.92 Å². The minimum atomic E-state index is -0.706. The van der Waals surface area contributed by atoms with Gasteiger partial charge in [0.2, 0.25) is 0 Å². The maximum Gasteiger partial charge on any atom is 0.314 e. The van der Waals surface area contributed by atoms with Crippen LogP contribution in [0.25, 0.3) is 0 Å². The zero-order valence-corrected chi connectivity index (χ0v) is 14.0. The molecule has 0 aromatic heterocycles. The Morgan fingerprint density at radius 1 is 1.00 bits per heavy atom. The predicted molar refractivity (Wildman–Crippen MR) is 96.2 cm³/mol. The fourth-order valence-electron chi connectivity index (χ4n) is 3.19. The van der Waals surface area contributed by atoms with Crippen molar-refractivity contribution in [1.29, 1.82) is 0 Å². The molecule has 0 aliphatic carbocycles. The second-order valence-electron chi connectivity index (χ2n) is 6.40. The predicted octanol–water partition coefficient (Wildman–Crippen LogP) is 2.81. The molecule has 0 saturated carbocycles. The van der Waals surface area contributed by atoms with Gasteiger partial charge < -0.3 is 15.3 Å². The molecule has 3 rings (SSSR count). The zero-order valence-electron chi connectivity index (χ0n) is 14.0. The van der Waals surface area contributed by atoms with Crippen LogP contribution in [0.15, 0.2) is 54.6 Å². The molecule has 1 saturated heterocycles. The second-order valence-corrected chi connectivity index (χ2v) is 6.40. The van der Waals surface area contributed by atoms with Gasteiger partial charge >= 0.3 is 11.8 Å². The van der Waals surface area contributed by atoms with E-state index < -0.39 is 11.8 Å². The maximum absolute atomic E-state index is 12.3. The van der Waals surface area contributed by atoms with Crippen molar-refractivity contribution in [3.8, 4) is 5.75 Å². The van der Waals surface area contributed by atoms with Crippen molar-refractivity contribution in [1.82, 2.24) is 4.90 Å². The maximum atomic E-state index is 12.3. The standard InChI is InChI=1S/C20H22N2O3/c23-18-9-5-4-8-17(18)21-19(24)20(25)22-12-10-16(11-13-22)14-15-6-2-1-3-7-15/h1-9,16,23H,10-14H2,(H,21,24). The van der Waals surface area contributed by atoms with Crippen molar-refractivity contribution in [3.63, 3.8) is 0 Å². The number of phenolic OH excluding ortho intramolecular Hbond substituents is 1. The van der Waals surface area contributed by atoms with E-state index in [2.05, 4.69) is 17.4 Å². The van der Waals surface area contributed by atoms with E-state index >= 15 is 0 Å². The molecule has 2 aromatic rings. The largest absolute Gasteiger partial charge is 0.506 e. The highest BCUT2D eigenvalue weighted by Crippen LogP contribution is 2.23. The van der Waals surface area contributed by atoms with Crippen molar-refractivity contribution in [2.24, 2.45) is 5.92 Å². The lowest BCUT2D eigenvalue weighted by Gasteiger charge is -2.31. The summed E-state index contributed by atoms with van der Waals surface area (Å²) < 4.78 is 0. The Bertz CT molecular complexity index is 738. The summed E-state index contributed by atoms with van der Waals surface area (Å²) in [4.78, 5) is 26.0. The number of phenols is 1. The van der Waals surface area contributed by atoms with Gasteiger partial charge in [0.05, 0.1) is 5.69 Å². The van der Waals surface area contributed by atoms with Crippen LogP contribution in [-0.2, 0) is 16.0 Å². The summed E-state index contributed by atoms with van der Waals surface area (Å²) in [5.41, 5.74) is 1.56. The number of hydrogen-bond acceptors (Lipinski definition) is 3. The Morgan fingerprint density at radius 2 is 1.64 bits per heavy atom. The first kappa shape index (κ1) is 17.0. The van der Waals surface area contributed by atoms with Gasteiger partial charge in [-0.15, -0.1) is 0 Å². The minimum Gasteiger partial charge on any atom is -0.506 e. The highest BCUT2D eigenvalue weighted by molar-refractivity contribution is 6.39. The average molecular weight is 338 g/mol. The zero-order chi connectivity index (χ0) is 17.6. The summed E-state index contributed by atoms with van der Waals surface area (Å²) >= 11 is 0. The van der Waals surface area contributed by atoms with Crippen LogP contribution in [0.5, 0.6) is 5.75 Å². The number of anilines is 1. The minimum absolute atomic E-state index is 0.0507. The molecule has 1 aliphatic rings. The van der Waals surface area contributed by atoms with Crippen molar-refractivity contribution < 1.29 is 14.7 Å². The molecule has 1 aliphatic heterocycles. The topological polar surface area (TPSA) is 69.6 Å². The SMILES string of the molecule is O=C(Nc1ccccc1O)C(=O)N1CCC(Cc2ccccc2)CC1. The van der Waals surface area contributed by atoms with E-state index in [1.54, 1.807) is 23.1 Å². The van der Waals surface area contributed by atoms with Crippen molar-refractivity contribution >= 4 is 17.5 Å². The molecule has 5 nitrogen and oxygen atoms in total. The van der Waals surface area contributed by atoms with E-state index in [0.29, 0.717) is 19.0 Å². The van der Waals surface area contributed by atoms with E-state index in [-0.39, 0.29) is 11.4 Å². The van der Waals surface area contributed by atoms with E-state index in [1.165, 1.54) is 11.6 Å². The number of likely N-dealkylation sites (tertiary alicyclic amines) is 1. The number of benzene rings is 2. The van der Waals surface area contributed by atoms with E-state index in [9.17, 15) is 14.7 Å². The van der Waals surface area contributed by atoms with Gasteiger partial charge in [0.15, 0.2) is 0 Å². The molecule has 2 N–H and O–H groups in total. The van der Waals surface area contributed by atoms with Crippen LogP contribution in [0.3, 0.4) is 0 Å². The number of carbonyl (C=O) groups is 2. The first-order valence-electron chi connectivity index (χ1n) is 8.55. The third-order valence-electron chi connectivity index (χ3n) is 4.62. The Hall–Kier alpha value is -2.82. The normalized spacial score (nSPS) is 15.0. The summed E-state index contributed by atoms with van der Waals surface area (Å²) in [6.45, 7) is 1.18. The lowest BCUT2D eigenvalue weighted by molar-refractivity contribution is -0.144. The molecular weight excluding hydrogens is 316 g/mol. The first-order valence-corrected chi connectivity index (χ1v) is 8.55. The number of nitrogens with zero attached hydrogens (tertiary/aromatic N) is 1. The van der Waals surface area contributed by atoms with Crippen LogP contribution in [0.4, 0.5) is 5.69 Å². The summed E-state index contributed by atoms with van der Waals surface area (Å²) in [6, 6.07) is 16.7. The van der Waals surface area contributed by atoms with Crippen LogP contribution in [-0.4, -0.2) is 34.9 Å². The molecule has 0 unspecified atom stereocenters. The molecule has 0 radical (unpaired) electrons. The molecule has 0 bridgehead atoms. The summed E-state index contributed by atoms with van der Waals surface area (Å²) in [5, 5.41) is 12.2. The summed E-state index contributed by atoms with van der Waals surface area (Å²) in [7, 11) is 0. The first-order chi connectivity index (χ1) is 12.1. The summed E-state index contributed by atoms with van der Waals surface area (Å²) in [5.74, 6) is -0.762. The molecule has 0 atom stereocenters. The Balaban J connectivity index is 1.51. The third kappa shape index (κ3) is 4.38. The third-order valence-corrected chi connectivity index (χ3v) is 4.62. The summed E-state index contributed by atoms with van der Waals surface area (Å²) in [6.07, 6.45) is 2.79. The molecule has 25 heavy (non-hydrogen) atoms. The molecule has 5 heteroatoms. The Kier molecular flexibility index (Phi) is 5.33. The van der Waals surface area contributed by atoms with Crippen molar-refractivity contribution in [2.45, 2.75) is 19.3 Å². The van der Waals surface area contributed by atoms with Gasteiger partial charge in [0.1, 0.15) is 5.75 Å². The van der Waals surface area contributed by atoms with Crippen molar-refractivity contribution in [2.75, 3.05) is 18.4 Å². The molecule has 2 aromatic carbocycles. The fourth-order valence-corrected chi connectivity index (χ4v) is 3.19. The van der Waals surface area contributed by atoms with E-state index in [4.69, 9.17) is 0 Å². The Morgan fingerprint density at radius 3 is 2.32 bits per heavy atom. The smallest absolute Gasteiger partial charge is 0.314 e. The molecule has 1 heterocycles. The Labute approximate surface area is 147 Å². The van der Waals surface area contributed by atoms with Gasteiger partial charge in [-0.3, -0.25) is 9.59 Å². The van der Waals surface area contributed by atoms with E-state index in [0.717, 1.165) is 19.3 Å². The highest BCUT2D eigenvalue weighted by Gasteiger charge is 2.27. The molecule has 2 amide bonds. The number of hydrogen-bond donors (Lipinski definition) is 2. The number of aromatic hydroxyl groups is 1. The molecular formula is C20H22N2O3. The lowest BCUT2D eigenvalue weighted by Crippen LogP contribution is -2.44. The number of amides is 2. The van der Waals surface area contributed by atoms with Gasteiger partial charge in [0.25, 0.3) is 0 Å². The second kappa shape index (κ2) is 7.83. The molecule has 130 valence electrons. The number of para-hydroxylation sites is 2. The number of piperidine rings is 1. The van der Waals surface area contributed by atoms with Crippen LogP contribution in [0.2, 0.25) is 0 Å². The van der Waals surface area contributed by atoms with Crippen LogP contribution in [0.1, 0.15) is 18.4 Å². The monoisotopic (exact) mass is 338 g/mol. The van der Waals surface area contributed by atoms with Crippen LogP contribution >= 0.6 is 0 Å². The van der Waals surface area contributed by atoms with Gasteiger partial charge in [-0.25, -0.2) is 0 Å². The lowest BCUT2D eigenvalue weighted by atomic mass is 9.90. The van der Waals surface area contributed by atoms with Gasteiger partial charge in [0, 0.05) is 13.1 Å². The average Bonchev–Trinajstić information content (AvgIpc) is 2.64. The quantitative estimate of drug-likeness (QED) is 0.668. The fraction of sp³-hybridized carbons (Fsp3) is 0.300. The van der Waals surface area contributed by atoms with Crippen molar-refractivity contribution in [3.05, 3.63) is 60.2 Å². The van der Waals surface area contributed by atoms with Crippen LogP contribution < -0.4 is 5.32 Å². The number of rotatable bonds is 3. The molecule has 1 fully saturated rings. The number of nitrogens with one attached hydrogen (secondary N) is 1. The van der Waals surface area contributed by atoms with E-state index in [1.807, 2.05) is 18.2 Å².